The maximum Gasteiger partial charge on any atom is 0.250 e. The Bertz CT molecular complexity index is 5050. The van der Waals surface area contributed by atoms with Crippen LogP contribution in [0.1, 0.15) is 184 Å². The molecule has 3 saturated carbocycles. The van der Waals surface area contributed by atoms with Crippen LogP contribution >= 0.6 is 0 Å². The zero-order chi connectivity index (χ0) is 88.0. The van der Waals surface area contributed by atoms with E-state index in [9.17, 15) is 46.6 Å². The average molecular weight is 1680 g/mol. The number of alkyl halides is 4. The van der Waals surface area contributed by atoms with Crippen molar-refractivity contribution in [2.75, 3.05) is 72.4 Å². The van der Waals surface area contributed by atoms with Crippen molar-refractivity contribution in [1.82, 2.24) is 0 Å². The van der Waals surface area contributed by atoms with E-state index in [0.717, 1.165) is 183 Å². The topological polar surface area (TPSA) is 212 Å². The van der Waals surface area contributed by atoms with E-state index in [1.54, 1.807) is 13.8 Å². The lowest BCUT2D eigenvalue weighted by molar-refractivity contribution is -0.114. The molecule has 0 atom stereocenters. The quantitative estimate of drug-likeness (QED) is 0.0217. The number of anilines is 5. The lowest BCUT2D eigenvalue weighted by Gasteiger charge is -2.32. The van der Waals surface area contributed by atoms with Crippen LogP contribution in [0.5, 0.6) is 28.7 Å². The number of halogens is 4. The van der Waals surface area contributed by atoms with E-state index in [-0.39, 0.29) is 48.8 Å². The van der Waals surface area contributed by atoms with E-state index in [2.05, 4.69) is 148 Å². The molecule has 123 heavy (non-hydrogen) atoms. The summed E-state index contributed by atoms with van der Waals surface area (Å²) in [6.45, 7) is 32.0. The summed E-state index contributed by atoms with van der Waals surface area (Å²) < 4.78 is 89.5. The van der Waals surface area contributed by atoms with Gasteiger partial charge in [-0.05, 0) is 236 Å². The highest BCUT2D eigenvalue weighted by atomic mass is 19.3. The Morgan fingerprint density at radius 2 is 0.919 bits per heavy atom. The van der Waals surface area contributed by atoms with E-state index in [1.165, 1.54) is 46.4 Å². The fourth-order valence-corrected chi connectivity index (χ4v) is 16.4. The van der Waals surface area contributed by atoms with Crippen molar-refractivity contribution < 1.29 is 75.1 Å². The Morgan fingerprint density at radius 1 is 0.512 bits per heavy atom. The summed E-state index contributed by atoms with van der Waals surface area (Å²) >= 11 is 0. The Balaban J connectivity index is 0.000000150. The smallest absolute Gasteiger partial charge is 0.250 e. The summed E-state index contributed by atoms with van der Waals surface area (Å²) in [6, 6.07) is 36.2. The number of rotatable bonds is 24. The van der Waals surface area contributed by atoms with Gasteiger partial charge in [-0.1, -0.05) is 137 Å². The summed E-state index contributed by atoms with van der Waals surface area (Å²) in [5, 5.41) is 20.6. The zero-order valence-electron chi connectivity index (χ0n) is 71.7. The Kier molecular flexibility index (Phi) is 32.2. The van der Waals surface area contributed by atoms with Crippen molar-refractivity contribution in [3.8, 4) is 39.9 Å². The van der Waals surface area contributed by atoms with Crippen molar-refractivity contribution in [3.63, 3.8) is 0 Å². The number of fused-ring (bicyclic) bond motifs is 5. The molecule has 0 unspecified atom stereocenters. The first-order chi connectivity index (χ1) is 59.0. The first-order valence-electron chi connectivity index (χ1n) is 42.9. The van der Waals surface area contributed by atoms with Gasteiger partial charge in [0.25, 0.3) is 0 Å². The van der Waals surface area contributed by atoms with E-state index in [1.807, 2.05) is 72.8 Å². The first kappa shape index (κ1) is 92.2. The molecular formula is C102H117F4N5O12. The van der Waals surface area contributed by atoms with Crippen LogP contribution in [0.3, 0.4) is 0 Å². The number of carbonyl (C=O) groups excluding carboxylic acids is 5. The molecule has 17 nitrogen and oxygen atoms in total. The number of benzene rings is 7. The van der Waals surface area contributed by atoms with Crippen LogP contribution < -0.4 is 49.9 Å². The van der Waals surface area contributed by atoms with Crippen LogP contribution in [0, 0.1) is 24.7 Å². The average Bonchev–Trinajstić information content (AvgIpc) is 1.42. The zero-order valence-corrected chi connectivity index (χ0v) is 71.7. The number of nitrogens with one attached hydrogen (secondary N) is 4. The van der Waals surface area contributed by atoms with Gasteiger partial charge in [0.05, 0.1) is 52.4 Å². The highest BCUT2D eigenvalue weighted by Crippen LogP contribution is 2.45. The van der Waals surface area contributed by atoms with E-state index < -0.39 is 23.2 Å². The highest BCUT2D eigenvalue weighted by molar-refractivity contribution is 6.03. The molecule has 3 aliphatic carbocycles. The molecule has 0 saturated heterocycles. The second-order valence-electron chi connectivity index (χ2n) is 33.4. The SMILES string of the molecule is C=CC(=O)N(CCO)c1cc(/C=C/C2CCC(C)(F)CC2)c2c(c1)CCO2.C=CC(=O)Nc1cc(/C=C/C2CCC(C)(F)CC2)c2c(c1)CCO2.C=CC(=O)Nc1cc(/C=C/c2ccc(C)cc2)c2c(c1)CCO2.C=CC(=O)Nc1cc2c(c(-c3ccc(C(C)C)cc3)c1)OCC2.C=CC(=O)Nc1cc2c(c(COC3CCC(C(C)(F)F)CC3)c1)OCC2. The number of hydrogen-bond acceptors (Lipinski definition) is 12. The number of hydrogen-bond donors (Lipinski definition) is 5. The number of ether oxygens (including phenoxy) is 6. The normalized spacial score (nSPS) is 19.9. The maximum atomic E-state index is 14.0. The summed E-state index contributed by atoms with van der Waals surface area (Å²) in [4.78, 5) is 59.9. The fraction of sp³-hybridized carbons (Fsp3) is 0.382. The summed E-state index contributed by atoms with van der Waals surface area (Å²) in [6.07, 6.45) is 31.0. The van der Waals surface area contributed by atoms with Crippen molar-refractivity contribution in [2.24, 2.45) is 17.8 Å². The van der Waals surface area contributed by atoms with Crippen molar-refractivity contribution >= 4 is 82.3 Å². The van der Waals surface area contributed by atoms with Crippen LogP contribution in [-0.4, -0.2) is 104 Å². The molecule has 7 aromatic carbocycles. The minimum Gasteiger partial charge on any atom is -0.493 e. The summed E-state index contributed by atoms with van der Waals surface area (Å²) in [5.74, 6) is 1.36. The van der Waals surface area contributed by atoms with Gasteiger partial charge in [-0.2, -0.15) is 0 Å². The molecule has 0 bridgehead atoms. The molecule has 7 aromatic rings. The molecule has 5 amide bonds. The number of allylic oxidation sites excluding steroid dienone is 2. The lowest BCUT2D eigenvalue weighted by Crippen LogP contribution is -2.32. The van der Waals surface area contributed by atoms with Gasteiger partial charge in [0.2, 0.25) is 35.5 Å². The third-order valence-electron chi connectivity index (χ3n) is 23.5. The number of aliphatic hydroxyl groups excluding tert-OH is 1. The van der Waals surface area contributed by atoms with Crippen LogP contribution in [0.25, 0.3) is 35.4 Å². The molecule has 0 aromatic heterocycles. The van der Waals surface area contributed by atoms with Gasteiger partial charge in [0.15, 0.2) is 0 Å². The molecule has 5 heterocycles. The predicted octanol–water partition coefficient (Wildman–Crippen LogP) is 22.0. The van der Waals surface area contributed by atoms with Crippen molar-refractivity contribution in [3.05, 3.63) is 251 Å². The molecule has 0 radical (unpaired) electrons. The summed E-state index contributed by atoms with van der Waals surface area (Å²) in [5.41, 5.74) is 16.7. The molecule has 0 spiro atoms. The molecule has 5 aliphatic heterocycles. The van der Waals surface area contributed by atoms with Gasteiger partial charge >= 0.3 is 0 Å². The van der Waals surface area contributed by atoms with Gasteiger partial charge in [-0.25, -0.2) is 17.6 Å². The molecule has 8 aliphatic rings. The van der Waals surface area contributed by atoms with Crippen LogP contribution in [-0.2, 0) is 67.4 Å². The number of nitrogens with zero attached hydrogens (tertiary/aromatic N) is 1. The summed E-state index contributed by atoms with van der Waals surface area (Å²) in [7, 11) is 0. The van der Waals surface area contributed by atoms with Gasteiger partial charge < -0.3 is 59.7 Å². The lowest BCUT2D eigenvalue weighted by atomic mass is 9.81. The Labute approximate surface area is 721 Å². The van der Waals surface area contributed by atoms with Crippen LogP contribution in [0.15, 0.2) is 185 Å². The number of carbonyl (C=O) groups is 5. The number of aryl methyl sites for hydroxylation is 1. The van der Waals surface area contributed by atoms with E-state index >= 15 is 0 Å². The largest absolute Gasteiger partial charge is 0.493 e. The predicted molar refractivity (Wildman–Crippen MR) is 485 cm³/mol. The van der Waals surface area contributed by atoms with Gasteiger partial charge in [-0.15, -0.1) is 0 Å². The van der Waals surface area contributed by atoms with Crippen LogP contribution in [0.2, 0.25) is 0 Å². The van der Waals surface area contributed by atoms with Crippen molar-refractivity contribution in [1.29, 1.82) is 0 Å². The van der Waals surface area contributed by atoms with Gasteiger partial charge in [0.1, 0.15) is 40.1 Å². The maximum absolute atomic E-state index is 14.0. The molecule has 5 N–H and O–H groups in total. The molecule has 15 rings (SSSR count). The first-order valence-corrected chi connectivity index (χ1v) is 42.9. The van der Waals surface area contributed by atoms with Gasteiger partial charge in [-0.3, -0.25) is 24.0 Å². The standard InChI is InChI=1S/C22H28FNO3.C20H25F2NO3.C20H24FNO2.C20H21NO2.C20H19NO2/c1-3-20(26)24(11-12-25)19-14-17(21-18(15-19)8-13-27-21)5-4-16-6-9-22(2,23)10-7-16;1-3-18(24)23-16-10-13-8-9-25-19(13)14(11-16)12-26-17-6-4-15(5-7-17)20(2,21)22;1-3-18(23)22-17-12-15(19-16(13-17)8-11-24-19)5-4-14-6-9-20(2,21)10-7-14;1-4-19(22)21-17-11-16-9-10-23-20(16)18(12-17)15-7-5-14(6-8-15)13(2)3;1-3-19(22)21-18-12-16(20-17(13-18)10-11-23-20)9-8-15-6-4-14(2)5-7-15/h3-5,14-16,25H,1,6-13H2,2H3;3,10-11,15,17H,1,4-9,12H2,2H3,(H,23,24);3-5,12-14H,1,6-11H2,2H3,(H,22,23);4-8,11-13H,1,9-10H2,2-3H3,(H,21,22);3-9,12-13H,1,10-11H2,2H3,(H,21,22)/b5-4+;;5-4+;;9-8+. The van der Waals surface area contributed by atoms with Crippen molar-refractivity contribution in [2.45, 2.75) is 187 Å². The second-order valence-corrected chi connectivity index (χ2v) is 33.4. The number of amides is 5. The van der Waals surface area contributed by atoms with Gasteiger partial charge in [0, 0.05) is 123 Å². The van der Waals surface area contributed by atoms with E-state index in [0.29, 0.717) is 114 Å². The fourth-order valence-electron chi connectivity index (χ4n) is 16.4. The van der Waals surface area contributed by atoms with E-state index in [4.69, 9.17) is 28.4 Å². The minimum atomic E-state index is -2.61. The third-order valence-corrected chi connectivity index (χ3v) is 23.5. The molecule has 21 heteroatoms. The highest BCUT2D eigenvalue weighted by Gasteiger charge is 2.38. The number of aliphatic hydroxyl groups is 1. The Morgan fingerprint density at radius 3 is 1.36 bits per heavy atom. The molecular weight excluding hydrogens is 1560 g/mol. The van der Waals surface area contributed by atoms with Crippen LogP contribution in [0.4, 0.5) is 46.0 Å². The minimum absolute atomic E-state index is 0.0166. The molecule has 650 valence electrons. The second kappa shape index (κ2) is 43.0. The molecule has 3 fully saturated rings. The third kappa shape index (κ3) is 26.0. The monoisotopic (exact) mass is 1680 g/mol. The Hall–Kier alpha value is -11.6.